The van der Waals surface area contributed by atoms with Crippen LogP contribution in [-0.2, 0) is 16.0 Å². The molecule has 0 aliphatic heterocycles. The Kier molecular flexibility index (Phi) is 5.11. The average molecular weight is 300 g/mol. The van der Waals surface area contributed by atoms with Crippen molar-refractivity contribution in [2.24, 2.45) is 0 Å². The molecule has 2 rings (SSSR count). The first-order chi connectivity index (χ1) is 9.67. The average Bonchev–Trinajstić information content (AvgIpc) is 2.72. The lowest BCUT2D eigenvalue weighted by Gasteiger charge is -2.07. The highest BCUT2D eigenvalue weighted by atomic mass is 32.1. The third-order valence-corrected chi connectivity index (χ3v) is 3.26. The van der Waals surface area contributed by atoms with Gasteiger partial charge in [0.1, 0.15) is 0 Å². The zero-order valence-electron chi connectivity index (χ0n) is 11.4. The smallest absolute Gasteiger partial charge is 0.178 e. The summed E-state index contributed by atoms with van der Waals surface area (Å²) in [6, 6.07) is 3.01. The van der Waals surface area contributed by atoms with Crippen molar-refractivity contribution in [2.75, 3.05) is 34.0 Å². The van der Waals surface area contributed by atoms with Crippen LogP contribution < -0.4 is 4.74 Å². The predicted molar refractivity (Wildman–Crippen MR) is 76.3 cm³/mol. The number of halogens is 1. The van der Waals surface area contributed by atoms with Gasteiger partial charge in [-0.25, -0.2) is 4.39 Å². The molecule has 0 unspecified atom stereocenters. The Bertz CT molecular complexity index is 638. The first kappa shape index (κ1) is 15.0. The van der Waals surface area contributed by atoms with Gasteiger partial charge in [-0.1, -0.05) is 0 Å². The van der Waals surface area contributed by atoms with Gasteiger partial charge in [0.15, 0.2) is 16.3 Å². The van der Waals surface area contributed by atoms with E-state index >= 15 is 0 Å². The molecule has 0 amide bonds. The molecule has 0 saturated carbocycles. The number of ether oxygens (including phenoxy) is 3. The number of nitrogens with zero attached hydrogens (tertiary/aromatic N) is 1. The Hall–Kier alpha value is -1.44. The maximum absolute atomic E-state index is 13.6. The number of rotatable bonds is 7. The van der Waals surface area contributed by atoms with Crippen molar-refractivity contribution < 1.29 is 18.6 Å². The Labute approximate surface area is 121 Å². The van der Waals surface area contributed by atoms with E-state index in [0.29, 0.717) is 36.7 Å². The summed E-state index contributed by atoms with van der Waals surface area (Å²) in [6.07, 6.45) is 0. The molecule has 5 nitrogen and oxygen atoms in total. The summed E-state index contributed by atoms with van der Waals surface area (Å²) in [5.74, 6) is -0.222. The van der Waals surface area contributed by atoms with E-state index in [0.717, 1.165) is 5.52 Å². The summed E-state index contributed by atoms with van der Waals surface area (Å²) in [5.41, 5.74) is 1.44. The second kappa shape index (κ2) is 6.83. The minimum atomic E-state index is -0.417. The third-order valence-electron chi connectivity index (χ3n) is 2.94. The number of fused-ring (bicyclic) bond motifs is 1. The van der Waals surface area contributed by atoms with E-state index in [-0.39, 0.29) is 5.75 Å². The maximum Gasteiger partial charge on any atom is 0.178 e. The molecule has 1 aromatic carbocycles. The van der Waals surface area contributed by atoms with Gasteiger partial charge in [-0.3, -0.25) is 0 Å². The summed E-state index contributed by atoms with van der Waals surface area (Å²) in [4.78, 5) is 2.97. The van der Waals surface area contributed by atoms with Crippen molar-refractivity contribution in [2.45, 2.75) is 6.54 Å². The SMILES string of the molecule is COCCOCCn1c(=S)[nH]c2cc(F)c(OC)cc21. The molecule has 20 heavy (non-hydrogen) atoms. The number of methoxy groups -OCH3 is 2. The number of hydrogen-bond acceptors (Lipinski definition) is 4. The molecule has 0 atom stereocenters. The molecule has 2 aromatic rings. The Morgan fingerprint density at radius 3 is 2.75 bits per heavy atom. The molecule has 0 aliphatic rings. The van der Waals surface area contributed by atoms with Crippen LogP contribution in [0.25, 0.3) is 11.0 Å². The largest absolute Gasteiger partial charge is 0.494 e. The number of H-pyrrole nitrogens is 1. The lowest BCUT2D eigenvalue weighted by atomic mass is 10.3. The van der Waals surface area contributed by atoms with Crippen LogP contribution in [0, 0.1) is 10.6 Å². The number of imidazole rings is 1. The number of benzene rings is 1. The van der Waals surface area contributed by atoms with Crippen LogP contribution in [0.5, 0.6) is 5.75 Å². The molecule has 0 fully saturated rings. The van der Waals surface area contributed by atoms with Crippen molar-refractivity contribution in [3.8, 4) is 5.75 Å². The zero-order chi connectivity index (χ0) is 14.5. The van der Waals surface area contributed by atoms with E-state index in [1.807, 2.05) is 4.57 Å². The first-order valence-electron chi connectivity index (χ1n) is 6.20. The molecule has 0 saturated heterocycles. The fourth-order valence-corrected chi connectivity index (χ4v) is 2.24. The van der Waals surface area contributed by atoms with Crippen LogP contribution in [0.2, 0.25) is 0 Å². The van der Waals surface area contributed by atoms with E-state index in [4.69, 9.17) is 26.4 Å². The number of aromatic nitrogens is 2. The van der Waals surface area contributed by atoms with Crippen LogP contribution >= 0.6 is 12.2 Å². The van der Waals surface area contributed by atoms with Crippen LogP contribution in [-0.4, -0.2) is 43.6 Å². The van der Waals surface area contributed by atoms with Gasteiger partial charge in [-0.15, -0.1) is 0 Å². The first-order valence-corrected chi connectivity index (χ1v) is 6.61. The van der Waals surface area contributed by atoms with Crippen LogP contribution in [0.1, 0.15) is 0 Å². The lowest BCUT2D eigenvalue weighted by molar-refractivity contribution is 0.0668. The van der Waals surface area contributed by atoms with Gasteiger partial charge in [0, 0.05) is 25.8 Å². The summed E-state index contributed by atoms with van der Waals surface area (Å²) in [7, 11) is 3.06. The van der Waals surface area contributed by atoms with Crippen molar-refractivity contribution in [3.63, 3.8) is 0 Å². The Morgan fingerprint density at radius 1 is 1.25 bits per heavy atom. The van der Waals surface area contributed by atoms with Gasteiger partial charge in [-0.2, -0.15) is 0 Å². The summed E-state index contributed by atoms with van der Waals surface area (Å²) in [5, 5.41) is 0. The topological polar surface area (TPSA) is 48.4 Å². The molecule has 1 aromatic heterocycles. The molecule has 1 N–H and O–H groups in total. The fraction of sp³-hybridized carbons (Fsp3) is 0.462. The van der Waals surface area contributed by atoms with Gasteiger partial charge in [0.05, 0.1) is 38.0 Å². The second-order valence-electron chi connectivity index (χ2n) is 4.19. The molecular formula is C13H17FN2O3S. The van der Waals surface area contributed by atoms with Crippen molar-refractivity contribution in [3.05, 3.63) is 22.7 Å². The van der Waals surface area contributed by atoms with E-state index < -0.39 is 5.82 Å². The number of hydrogen-bond donors (Lipinski definition) is 1. The van der Waals surface area contributed by atoms with Crippen LogP contribution in [0.4, 0.5) is 4.39 Å². The van der Waals surface area contributed by atoms with Gasteiger partial charge >= 0.3 is 0 Å². The molecule has 0 aliphatic carbocycles. The molecule has 110 valence electrons. The van der Waals surface area contributed by atoms with Gasteiger partial charge < -0.3 is 23.8 Å². The highest BCUT2D eigenvalue weighted by Crippen LogP contribution is 2.24. The standard InChI is InChI=1S/C13H17FN2O3S/c1-17-5-6-19-4-3-16-11-8-12(18-2)9(14)7-10(11)15-13(16)20/h7-8H,3-6H2,1-2H3,(H,15,20). The van der Waals surface area contributed by atoms with Crippen molar-refractivity contribution >= 4 is 23.3 Å². The van der Waals surface area contributed by atoms with Gasteiger partial charge in [0.25, 0.3) is 0 Å². The lowest BCUT2D eigenvalue weighted by Crippen LogP contribution is -2.09. The van der Waals surface area contributed by atoms with E-state index in [1.54, 1.807) is 13.2 Å². The summed E-state index contributed by atoms with van der Waals surface area (Å²) < 4.78 is 31.3. The van der Waals surface area contributed by atoms with Gasteiger partial charge in [-0.05, 0) is 12.2 Å². The molecule has 0 spiro atoms. The summed E-state index contributed by atoms with van der Waals surface area (Å²) >= 11 is 5.24. The van der Waals surface area contributed by atoms with E-state index in [2.05, 4.69) is 4.98 Å². The molecule has 7 heteroatoms. The fourth-order valence-electron chi connectivity index (χ4n) is 1.94. The number of nitrogens with one attached hydrogen (secondary N) is 1. The Balaban J connectivity index is 2.19. The zero-order valence-corrected chi connectivity index (χ0v) is 12.3. The normalized spacial score (nSPS) is 11.2. The monoisotopic (exact) mass is 300 g/mol. The molecular weight excluding hydrogens is 283 g/mol. The minimum Gasteiger partial charge on any atom is -0.494 e. The van der Waals surface area contributed by atoms with Crippen molar-refractivity contribution in [1.29, 1.82) is 0 Å². The van der Waals surface area contributed by atoms with Crippen LogP contribution in [0.3, 0.4) is 0 Å². The van der Waals surface area contributed by atoms with Crippen molar-refractivity contribution in [1.82, 2.24) is 9.55 Å². The highest BCUT2D eigenvalue weighted by Gasteiger charge is 2.10. The van der Waals surface area contributed by atoms with Crippen LogP contribution in [0.15, 0.2) is 12.1 Å². The van der Waals surface area contributed by atoms with E-state index in [1.165, 1.54) is 13.2 Å². The van der Waals surface area contributed by atoms with E-state index in [9.17, 15) is 4.39 Å². The highest BCUT2D eigenvalue weighted by molar-refractivity contribution is 7.71. The molecule has 1 heterocycles. The molecule has 0 bridgehead atoms. The third kappa shape index (κ3) is 3.17. The molecule has 0 radical (unpaired) electrons. The summed E-state index contributed by atoms with van der Waals surface area (Å²) in [6.45, 7) is 2.17. The maximum atomic E-state index is 13.6. The quantitative estimate of drug-likeness (QED) is 0.630. The van der Waals surface area contributed by atoms with Gasteiger partial charge in [0.2, 0.25) is 0 Å². The number of aromatic amines is 1. The minimum absolute atomic E-state index is 0.195. The predicted octanol–water partition coefficient (Wildman–Crippen LogP) is 2.51. The Morgan fingerprint density at radius 2 is 2.05 bits per heavy atom. The second-order valence-corrected chi connectivity index (χ2v) is 4.58.